The van der Waals surface area contributed by atoms with Crippen LogP contribution in [0.25, 0.3) is 0 Å². The highest BCUT2D eigenvalue weighted by Crippen LogP contribution is 2.14. The Bertz CT molecular complexity index is 339. The van der Waals surface area contributed by atoms with Gasteiger partial charge in [0.25, 0.3) is 0 Å². The van der Waals surface area contributed by atoms with Crippen LogP contribution in [0.3, 0.4) is 0 Å². The van der Waals surface area contributed by atoms with Gasteiger partial charge in [-0.05, 0) is 26.0 Å². The normalized spacial score (nSPS) is 19.8. The van der Waals surface area contributed by atoms with E-state index in [1.54, 1.807) is 6.20 Å². The molecule has 1 saturated heterocycles. The van der Waals surface area contributed by atoms with Gasteiger partial charge in [0.2, 0.25) is 0 Å². The van der Waals surface area contributed by atoms with Crippen LogP contribution in [0.1, 0.15) is 13.3 Å². The first-order chi connectivity index (χ1) is 7.79. The Labute approximate surface area is 95.8 Å². The lowest BCUT2D eigenvalue weighted by molar-refractivity contribution is 0.204. The van der Waals surface area contributed by atoms with Gasteiger partial charge in [-0.1, -0.05) is 0 Å². The third kappa shape index (κ3) is 2.61. The molecule has 1 aromatic heterocycles. The van der Waals surface area contributed by atoms with E-state index in [0.717, 1.165) is 31.9 Å². The van der Waals surface area contributed by atoms with E-state index in [1.165, 1.54) is 0 Å². The first-order valence-corrected chi connectivity index (χ1v) is 5.71. The number of hydrogen-bond acceptors (Lipinski definition) is 5. The van der Waals surface area contributed by atoms with Gasteiger partial charge in [-0.2, -0.15) is 4.98 Å². The molecule has 0 radical (unpaired) electrons. The molecule has 5 heteroatoms. The van der Waals surface area contributed by atoms with Gasteiger partial charge in [0, 0.05) is 26.3 Å². The van der Waals surface area contributed by atoms with Crippen LogP contribution in [0.5, 0.6) is 6.01 Å². The van der Waals surface area contributed by atoms with Crippen molar-refractivity contribution in [2.45, 2.75) is 19.4 Å². The Morgan fingerprint density at radius 2 is 2.50 bits per heavy atom. The number of anilines is 1. The third-order valence-corrected chi connectivity index (χ3v) is 2.77. The molecular weight excluding hydrogens is 204 g/mol. The van der Waals surface area contributed by atoms with Crippen molar-refractivity contribution in [3.63, 3.8) is 0 Å². The molecule has 0 bridgehead atoms. The Balaban J connectivity index is 2.03. The van der Waals surface area contributed by atoms with Crippen LogP contribution in [0.4, 0.5) is 5.82 Å². The van der Waals surface area contributed by atoms with Crippen molar-refractivity contribution in [2.75, 3.05) is 31.6 Å². The van der Waals surface area contributed by atoms with Crippen molar-refractivity contribution >= 4 is 5.82 Å². The molecule has 0 saturated carbocycles. The van der Waals surface area contributed by atoms with Gasteiger partial charge in [0.15, 0.2) is 0 Å². The number of hydrogen-bond donors (Lipinski definition) is 1. The number of rotatable bonds is 4. The molecule has 2 heterocycles. The van der Waals surface area contributed by atoms with Crippen LogP contribution >= 0.6 is 0 Å². The van der Waals surface area contributed by atoms with Crippen LogP contribution in [0.2, 0.25) is 0 Å². The molecular formula is C11H18N4O. The van der Waals surface area contributed by atoms with Crippen LogP contribution in [-0.2, 0) is 0 Å². The third-order valence-electron chi connectivity index (χ3n) is 2.77. The number of nitrogens with zero attached hydrogens (tertiary/aromatic N) is 3. The van der Waals surface area contributed by atoms with E-state index >= 15 is 0 Å². The summed E-state index contributed by atoms with van der Waals surface area (Å²) in [5.41, 5.74) is 0. The summed E-state index contributed by atoms with van der Waals surface area (Å²) in [6.45, 7) is 4.90. The molecule has 0 amide bonds. The topological polar surface area (TPSA) is 50.3 Å². The lowest BCUT2D eigenvalue weighted by atomic mass is 10.3. The fraction of sp³-hybridized carbons (Fsp3) is 0.636. The molecule has 2 rings (SSSR count). The van der Waals surface area contributed by atoms with E-state index in [4.69, 9.17) is 4.74 Å². The summed E-state index contributed by atoms with van der Waals surface area (Å²) in [5.74, 6) is 0.901. The van der Waals surface area contributed by atoms with E-state index in [1.807, 2.05) is 13.1 Å². The van der Waals surface area contributed by atoms with Gasteiger partial charge in [-0.3, -0.25) is 0 Å². The summed E-state index contributed by atoms with van der Waals surface area (Å²) in [4.78, 5) is 10.6. The predicted molar refractivity (Wildman–Crippen MR) is 62.9 cm³/mol. The van der Waals surface area contributed by atoms with E-state index in [-0.39, 0.29) is 6.10 Å². The standard InChI is InChI=1S/C11H18N4O/c1-3-15(2)10-5-7-13-11(14-10)16-9-4-6-12-8-9/h5,7,9,12H,3-4,6,8H2,1-2H3. The molecule has 0 spiro atoms. The average molecular weight is 222 g/mol. The van der Waals surface area contributed by atoms with Gasteiger partial charge in [0.1, 0.15) is 11.9 Å². The molecule has 16 heavy (non-hydrogen) atoms. The zero-order valence-corrected chi connectivity index (χ0v) is 9.81. The largest absolute Gasteiger partial charge is 0.459 e. The number of ether oxygens (including phenoxy) is 1. The second kappa shape index (κ2) is 5.12. The fourth-order valence-corrected chi connectivity index (χ4v) is 1.64. The van der Waals surface area contributed by atoms with Gasteiger partial charge in [-0.25, -0.2) is 4.98 Å². The van der Waals surface area contributed by atoms with Gasteiger partial charge < -0.3 is 15.0 Å². The monoisotopic (exact) mass is 222 g/mol. The molecule has 5 nitrogen and oxygen atoms in total. The van der Waals surface area contributed by atoms with Gasteiger partial charge in [0.05, 0.1) is 0 Å². The van der Waals surface area contributed by atoms with Gasteiger partial charge in [-0.15, -0.1) is 0 Å². The summed E-state index contributed by atoms with van der Waals surface area (Å²) < 4.78 is 5.70. The van der Waals surface area contributed by atoms with Crippen molar-refractivity contribution in [3.8, 4) is 6.01 Å². The molecule has 88 valence electrons. The van der Waals surface area contributed by atoms with Gasteiger partial charge >= 0.3 is 6.01 Å². The van der Waals surface area contributed by atoms with E-state index in [9.17, 15) is 0 Å². The lowest BCUT2D eigenvalue weighted by Gasteiger charge is -2.16. The second-order valence-electron chi connectivity index (χ2n) is 3.94. The number of aromatic nitrogens is 2. The highest BCUT2D eigenvalue weighted by atomic mass is 16.5. The molecule has 0 aliphatic carbocycles. The first-order valence-electron chi connectivity index (χ1n) is 5.71. The molecule has 1 aliphatic heterocycles. The van der Waals surface area contributed by atoms with Crippen LogP contribution in [0, 0.1) is 0 Å². The summed E-state index contributed by atoms with van der Waals surface area (Å²) in [6, 6.07) is 2.37. The van der Waals surface area contributed by atoms with Crippen molar-refractivity contribution in [1.82, 2.24) is 15.3 Å². The van der Waals surface area contributed by atoms with Crippen molar-refractivity contribution < 1.29 is 4.74 Å². The zero-order chi connectivity index (χ0) is 11.4. The average Bonchev–Trinajstić information content (AvgIpc) is 2.81. The van der Waals surface area contributed by atoms with Crippen molar-refractivity contribution in [2.24, 2.45) is 0 Å². The van der Waals surface area contributed by atoms with Crippen LogP contribution in [0.15, 0.2) is 12.3 Å². The van der Waals surface area contributed by atoms with Crippen LogP contribution in [-0.4, -0.2) is 42.8 Å². The minimum atomic E-state index is 0.210. The maximum atomic E-state index is 5.70. The van der Waals surface area contributed by atoms with Crippen molar-refractivity contribution in [3.05, 3.63) is 12.3 Å². The summed E-state index contributed by atoms with van der Waals surface area (Å²) in [5, 5.41) is 3.25. The van der Waals surface area contributed by atoms with E-state index < -0.39 is 0 Å². The fourth-order valence-electron chi connectivity index (χ4n) is 1.64. The molecule has 0 aromatic carbocycles. The minimum Gasteiger partial charge on any atom is -0.459 e. The molecule has 1 fully saturated rings. The maximum absolute atomic E-state index is 5.70. The first kappa shape index (κ1) is 11.1. The smallest absolute Gasteiger partial charge is 0.318 e. The van der Waals surface area contributed by atoms with E-state index in [2.05, 4.69) is 27.1 Å². The molecule has 1 aliphatic rings. The predicted octanol–water partition coefficient (Wildman–Crippen LogP) is 0.673. The lowest BCUT2D eigenvalue weighted by Crippen LogP contribution is -2.22. The number of nitrogens with one attached hydrogen (secondary N) is 1. The van der Waals surface area contributed by atoms with Crippen molar-refractivity contribution in [1.29, 1.82) is 0 Å². The summed E-state index contributed by atoms with van der Waals surface area (Å²) in [7, 11) is 2.00. The molecule has 1 atom stereocenters. The Hall–Kier alpha value is -1.36. The maximum Gasteiger partial charge on any atom is 0.318 e. The quantitative estimate of drug-likeness (QED) is 0.811. The SMILES string of the molecule is CCN(C)c1ccnc(OC2CCNC2)n1. The highest BCUT2D eigenvalue weighted by Gasteiger charge is 2.17. The van der Waals surface area contributed by atoms with E-state index in [0.29, 0.717) is 6.01 Å². The Morgan fingerprint density at radius 1 is 1.62 bits per heavy atom. The summed E-state index contributed by atoms with van der Waals surface area (Å²) in [6.07, 6.45) is 2.98. The Morgan fingerprint density at radius 3 is 3.19 bits per heavy atom. The Kier molecular flexibility index (Phi) is 3.56. The zero-order valence-electron chi connectivity index (χ0n) is 9.81. The second-order valence-corrected chi connectivity index (χ2v) is 3.94. The summed E-state index contributed by atoms with van der Waals surface area (Å²) >= 11 is 0. The molecule has 1 N–H and O–H groups in total. The minimum absolute atomic E-state index is 0.210. The van der Waals surface area contributed by atoms with Crippen LogP contribution < -0.4 is 15.0 Å². The molecule has 1 aromatic rings. The highest BCUT2D eigenvalue weighted by molar-refractivity contribution is 5.36. The molecule has 1 unspecified atom stereocenters.